The fourth-order valence-corrected chi connectivity index (χ4v) is 2.28. The maximum atomic E-state index is 12.3. The minimum Gasteiger partial charge on any atom is -0.316 e. The van der Waals surface area contributed by atoms with Crippen LogP contribution in [0.1, 0.15) is 37.8 Å². The van der Waals surface area contributed by atoms with Gasteiger partial charge in [0, 0.05) is 18.2 Å². The van der Waals surface area contributed by atoms with Gasteiger partial charge in [-0.3, -0.25) is 4.79 Å². The monoisotopic (exact) mass is 261 g/mol. The molecule has 0 radical (unpaired) electrons. The van der Waals surface area contributed by atoms with Gasteiger partial charge < -0.3 is 10.6 Å². The van der Waals surface area contributed by atoms with Crippen molar-refractivity contribution in [2.75, 3.05) is 12.4 Å². The van der Waals surface area contributed by atoms with Gasteiger partial charge in [-0.1, -0.05) is 13.8 Å². The zero-order chi connectivity index (χ0) is 14.0. The highest BCUT2D eigenvalue weighted by Gasteiger charge is 2.43. The van der Waals surface area contributed by atoms with Crippen LogP contribution in [0, 0.1) is 18.3 Å². The summed E-state index contributed by atoms with van der Waals surface area (Å²) in [7, 11) is 1.91. The SMILES string of the molecule is CNCc1cc(NC(=O)C(C)(C)C2CC2)ncc1C. The van der Waals surface area contributed by atoms with Crippen LogP contribution in [0.25, 0.3) is 0 Å². The molecule has 1 fully saturated rings. The third kappa shape index (κ3) is 3.13. The number of aromatic nitrogens is 1. The number of rotatable bonds is 5. The van der Waals surface area contributed by atoms with E-state index in [0.29, 0.717) is 11.7 Å². The maximum Gasteiger partial charge on any atom is 0.231 e. The van der Waals surface area contributed by atoms with E-state index in [1.807, 2.05) is 40.1 Å². The minimum atomic E-state index is -0.296. The first-order valence-corrected chi connectivity index (χ1v) is 6.86. The van der Waals surface area contributed by atoms with E-state index in [4.69, 9.17) is 0 Å². The lowest BCUT2D eigenvalue weighted by molar-refractivity contribution is -0.124. The number of carbonyl (C=O) groups excluding carboxylic acids is 1. The standard InChI is InChI=1S/C15H23N3O/c1-10-8-17-13(7-11(10)9-16-4)18-14(19)15(2,3)12-5-6-12/h7-8,12,16H,5-6,9H2,1-4H3,(H,17,18,19). The Morgan fingerprint density at radius 3 is 2.74 bits per heavy atom. The summed E-state index contributed by atoms with van der Waals surface area (Å²) in [5.74, 6) is 1.24. The average Bonchev–Trinajstić information content (AvgIpc) is 3.18. The van der Waals surface area contributed by atoms with Crippen LogP contribution in [0.2, 0.25) is 0 Å². The second kappa shape index (κ2) is 5.29. The van der Waals surface area contributed by atoms with Crippen LogP contribution >= 0.6 is 0 Å². The largest absolute Gasteiger partial charge is 0.316 e. The smallest absolute Gasteiger partial charge is 0.231 e. The van der Waals surface area contributed by atoms with Gasteiger partial charge in [0.05, 0.1) is 0 Å². The molecule has 2 rings (SSSR count). The molecular formula is C15H23N3O. The van der Waals surface area contributed by atoms with E-state index >= 15 is 0 Å². The summed E-state index contributed by atoms with van der Waals surface area (Å²) >= 11 is 0. The van der Waals surface area contributed by atoms with Gasteiger partial charge in [-0.2, -0.15) is 0 Å². The fraction of sp³-hybridized carbons (Fsp3) is 0.600. The lowest BCUT2D eigenvalue weighted by atomic mass is 9.86. The predicted octanol–water partition coefficient (Wildman–Crippen LogP) is 2.48. The van der Waals surface area contributed by atoms with E-state index in [9.17, 15) is 4.79 Å². The molecule has 104 valence electrons. The first kappa shape index (κ1) is 14.0. The van der Waals surface area contributed by atoms with Gasteiger partial charge >= 0.3 is 0 Å². The van der Waals surface area contributed by atoms with Crippen molar-refractivity contribution in [1.82, 2.24) is 10.3 Å². The van der Waals surface area contributed by atoms with Crippen molar-refractivity contribution < 1.29 is 4.79 Å². The van der Waals surface area contributed by atoms with E-state index < -0.39 is 0 Å². The molecule has 1 saturated carbocycles. The Morgan fingerprint density at radius 2 is 2.16 bits per heavy atom. The van der Waals surface area contributed by atoms with Crippen LogP contribution in [-0.4, -0.2) is 17.9 Å². The summed E-state index contributed by atoms with van der Waals surface area (Å²) in [6.07, 6.45) is 4.13. The summed E-state index contributed by atoms with van der Waals surface area (Å²) < 4.78 is 0. The Labute approximate surface area is 115 Å². The van der Waals surface area contributed by atoms with E-state index in [2.05, 4.69) is 15.6 Å². The molecular weight excluding hydrogens is 238 g/mol. The normalized spacial score (nSPS) is 15.4. The van der Waals surface area contributed by atoms with Crippen LogP contribution in [0.5, 0.6) is 0 Å². The molecule has 1 aliphatic carbocycles. The van der Waals surface area contributed by atoms with Crippen molar-refractivity contribution in [2.45, 2.75) is 40.2 Å². The molecule has 0 spiro atoms. The van der Waals surface area contributed by atoms with E-state index in [0.717, 1.165) is 30.5 Å². The van der Waals surface area contributed by atoms with Crippen molar-refractivity contribution in [3.8, 4) is 0 Å². The van der Waals surface area contributed by atoms with Crippen LogP contribution in [0.3, 0.4) is 0 Å². The van der Waals surface area contributed by atoms with Gasteiger partial charge in [0.1, 0.15) is 5.82 Å². The number of amides is 1. The van der Waals surface area contributed by atoms with E-state index in [-0.39, 0.29) is 11.3 Å². The van der Waals surface area contributed by atoms with Crippen LogP contribution in [0.15, 0.2) is 12.3 Å². The number of aryl methyl sites for hydroxylation is 1. The summed E-state index contributed by atoms with van der Waals surface area (Å²) in [6.45, 7) is 6.84. The molecule has 0 atom stereocenters. The van der Waals surface area contributed by atoms with Crippen molar-refractivity contribution in [3.63, 3.8) is 0 Å². The predicted molar refractivity (Wildman–Crippen MR) is 76.9 cm³/mol. The number of hydrogen-bond acceptors (Lipinski definition) is 3. The van der Waals surface area contributed by atoms with Gasteiger partial charge in [0.15, 0.2) is 0 Å². The number of anilines is 1. The Hall–Kier alpha value is -1.42. The maximum absolute atomic E-state index is 12.3. The third-order valence-corrected chi connectivity index (χ3v) is 4.01. The Balaban J connectivity index is 2.10. The molecule has 1 aliphatic rings. The van der Waals surface area contributed by atoms with Gasteiger partial charge in [-0.25, -0.2) is 4.98 Å². The molecule has 1 heterocycles. The summed E-state index contributed by atoms with van der Waals surface area (Å²) in [4.78, 5) is 16.6. The lowest BCUT2D eigenvalue weighted by Crippen LogP contribution is -2.33. The zero-order valence-corrected chi connectivity index (χ0v) is 12.2. The highest BCUT2D eigenvalue weighted by molar-refractivity contribution is 5.94. The van der Waals surface area contributed by atoms with Gasteiger partial charge in [-0.15, -0.1) is 0 Å². The average molecular weight is 261 g/mol. The second-order valence-corrected chi connectivity index (χ2v) is 5.98. The highest BCUT2D eigenvalue weighted by atomic mass is 16.2. The van der Waals surface area contributed by atoms with Crippen molar-refractivity contribution in [3.05, 3.63) is 23.4 Å². The fourth-order valence-electron chi connectivity index (χ4n) is 2.28. The molecule has 0 aromatic carbocycles. The lowest BCUT2D eigenvalue weighted by Gasteiger charge is -2.23. The summed E-state index contributed by atoms with van der Waals surface area (Å²) in [5.41, 5.74) is 2.00. The summed E-state index contributed by atoms with van der Waals surface area (Å²) in [6, 6.07) is 1.95. The van der Waals surface area contributed by atoms with E-state index in [1.165, 1.54) is 0 Å². The van der Waals surface area contributed by atoms with Crippen molar-refractivity contribution in [2.24, 2.45) is 11.3 Å². The first-order valence-electron chi connectivity index (χ1n) is 6.86. The molecule has 0 aliphatic heterocycles. The topological polar surface area (TPSA) is 54.0 Å². The Kier molecular flexibility index (Phi) is 3.90. The molecule has 0 saturated heterocycles. The van der Waals surface area contributed by atoms with Gasteiger partial charge in [0.25, 0.3) is 0 Å². The van der Waals surface area contributed by atoms with E-state index in [1.54, 1.807) is 0 Å². The Bertz CT molecular complexity index is 478. The quantitative estimate of drug-likeness (QED) is 0.856. The second-order valence-electron chi connectivity index (χ2n) is 5.98. The van der Waals surface area contributed by atoms with Gasteiger partial charge in [-0.05, 0) is 49.9 Å². The summed E-state index contributed by atoms with van der Waals surface area (Å²) in [5, 5.41) is 6.08. The zero-order valence-electron chi connectivity index (χ0n) is 12.2. The third-order valence-electron chi connectivity index (χ3n) is 4.01. The molecule has 19 heavy (non-hydrogen) atoms. The molecule has 2 N–H and O–H groups in total. The first-order chi connectivity index (χ1) is 8.95. The molecule has 1 aromatic heterocycles. The highest BCUT2D eigenvalue weighted by Crippen LogP contribution is 2.45. The molecule has 4 nitrogen and oxygen atoms in total. The minimum absolute atomic E-state index is 0.0711. The van der Waals surface area contributed by atoms with Gasteiger partial charge in [0.2, 0.25) is 5.91 Å². The number of nitrogens with one attached hydrogen (secondary N) is 2. The molecule has 1 aromatic rings. The molecule has 0 unspecified atom stereocenters. The van der Waals surface area contributed by atoms with Crippen LogP contribution < -0.4 is 10.6 Å². The number of nitrogens with zero attached hydrogens (tertiary/aromatic N) is 1. The van der Waals surface area contributed by atoms with Crippen LogP contribution in [-0.2, 0) is 11.3 Å². The number of pyridine rings is 1. The molecule has 0 bridgehead atoms. The van der Waals surface area contributed by atoms with Crippen LogP contribution in [0.4, 0.5) is 5.82 Å². The van der Waals surface area contributed by atoms with Crippen molar-refractivity contribution >= 4 is 11.7 Å². The molecule has 4 heteroatoms. The number of hydrogen-bond donors (Lipinski definition) is 2. The number of carbonyl (C=O) groups is 1. The van der Waals surface area contributed by atoms with Crippen molar-refractivity contribution in [1.29, 1.82) is 0 Å². The molecule has 1 amide bonds. The Morgan fingerprint density at radius 1 is 1.47 bits per heavy atom.